The molecule has 0 aliphatic heterocycles. The molecule has 0 heterocycles. The maximum Gasteiger partial charge on any atom is 0.0384 e. The highest BCUT2D eigenvalue weighted by molar-refractivity contribution is 5.94. The molecule has 0 saturated carbocycles. The van der Waals surface area contributed by atoms with Crippen LogP contribution in [0.4, 0.5) is 11.4 Å². The monoisotopic (exact) mass is 311 g/mol. The average molecular weight is 311 g/mol. The van der Waals surface area contributed by atoms with Gasteiger partial charge in [-0.3, -0.25) is 0 Å². The average Bonchev–Trinajstić information content (AvgIpc) is 2.88. The van der Waals surface area contributed by atoms with E-state index < -0.39 is 0 Å². The maximum atomic E-state index is 3.44. The van der Waals surface area contributed by atoms with E-state index in [1.807, 2.05) is 18.2 Å². The molecule has 4 rings (SSSR count). The normalized spacial score (nSPS) is 14.8. The van der Waals surface area contributed by atoms with Crippen molar-refractivity contribution in [3.8, 4) is 0 Å². The van der Waals surface area contributed by atoms with E-state index in [1.54, 1.807) is 0 Å². The van der Waals surface area contributed by atoms with Crippen molar-refractivity contribution in [2.75, 3.05) is 5.32 Å². The molecule has 24 heavy (non-hydrogen) atoms. The van der Waals surface area contributed by atoms with Crippen LogP contribution in [0.5, 0.6) is 0 Å². The summed E-state index contributed by atoms with van der Waals surface area (Å²) in [5, 5.41) is 3.44. The molecule has 0 atom stereocenters. The van der Waals surface area contributed by atoms with E-state index in [9.17, 15) is 0 Å². The molecule has 118 valence electrons. The number of benzene rings is 3. The van der Waals surface area contributed by atoms with E-state index >= 15 is 0 Å². The Labute approximate surface area is 143 Å². The Bertz CT molecular complexity index is 887. The van der Waals surface area contributed by atoms with Crippen LogP contribution in [0.2, 0.25) is 0 Å². The molecule has 0 saturated heterocycles. The number of fused-ring (bicyclic) bond motifs is 1. The smallest absolute Gasteiger partial charge is 0.0384 e. The second kappa shape index (κ2) is 5.68. The SMILES string of the molecule is CC1(C)C(c2ccc(Nc3ccccc3)cc2)=Cc2ccccc21. The van der Waals surface area contributed by atoms with Crippen molar-refractivity contribution < 1.29 is 0 Å². The predicted octanol–water partition coefficient (Wildman–Crippen LogP) is 6.26. The van der Waals surface area contributed by atoms with Gasteiger partial charge in [0.05, 0.1) is 0 Å². The standard InChI is InChI=1S/C23H21N/c1-23(2)21-11-7-6-8-18(21)16-22(23)17-12-14-20(15-13-17)24-19-9-4-3-5-10-19/h3-16,24H,1-2H3. The van der Waals surface area contributed by atoms with Crippen molar-refractivity contribution in [1.82, 2.24) is 0 Å². The van der Waals surface area contributed by atoms with Gasteiger partial charge < -0.3 is 5.32 Å². The van der Waals surface area contributed by atoms with Gasteiger partial charge in [0.25, 0.3) is 0 Å². The number of anilines is 2. The summed E-state index contributed by atoms with van der Waals surface area (Å²) < 4.78 is 0. The zero-order valence-corrected chi connectivity index (χ0v) is 14.1. The van der Waals surface area contributed by atoms with Gasteiger partial charge in [0.1, 0.15) is 0 Å². The Balaban J connectivity index is 1.62. The summed E-state index contributed by atoms with van der Waals surface area (Å²) in [6, 6.07) is 27.7. The second-order valence-corrected chi connectivity index (χ2v) is 6.84. The van der Waals surface area contributed by atoms with E-state index in [2.05, 4.69) is 85.9 Å². The molecule has 1 heteroatoms. The van der Waals surface area contributed by atoms with Crippen molar-refractivity contribution in [2.24, 2.45) is 0 Å². The van der Waals surface area contributed by atoms with Crippen LogP contribution >= 0.6 is 0 Å². The van der Waals surface area contributed by atoms with Gasteiger partial charge in [0, 0.05) is 16.8 Å². The fourth-order valence-electron chi connectivity index (χ4n) is 3.54. The molecular weight excluding hydrogens is 290 g/mol. The largest absolute Gasteiger partial charge is 0.356 e. The Hall–Kier alpha value is -2.80. The van der Waals surface area contributed by atoms with Crippen LogP contribution in [0, 0.1) is 0 Å². The van der Waals surface area contributed by atoms with Crippen LogP contribution in [0.25, 0.3) is 11.6 Å². The van der Waals surface area contributed by atoms with Crippen molar-refractivity contribution in [3.05, 3.63) is 95.6 Å². The molecule has 0 fully saturated rings. The number of para-hydroxylation sites is 1. The Morgan fingerprint density at radius 1 is 0.667 bits per heavy atom. The third-order valence-electron chi connectivity index (χ3n) is 4.87. The van der Waals surface area contributed by atoms with Gasteiger partial charge >= 0.3 is 0 Å². The molecule has 1 N–H and O–H groups in total. The van der Waals surface area contributed by atoms with Crippen molar-refractivity contribution in [3.63, 3.8) is 0 Å². The number of rotatable bonds is 3. The minimum Gasteiger partial charge on any atom is -0.356 e. The molecule has 0 radical (unpaired) electrons. The van der Waals surface area contributed by atoms with E-state index in [1.165, 1.54) is 22.3 Å². The van der Waals surface area contributed by atoms with E-state index in [0.717, 1.165) is 11.4 Å². The minimum atomic E-state index is 0.0466. The fraction of sp³-hybridized carbons (Fsp3) is 0.130. The van der Waals surface area contributed by atoms with Crippen LogP contribution in [-0.2, 0) is 5.41 Å². The van der Waals surface area contributed by atoms with Gasteiger partial charge in [-0.2, -0.15) is 0 Å². The molecule has 1 nitrogen and oxygen atoms in total. The summed E-state index contributed by atoms with van der Waals surface area (Å²) in [5.74, 6) is 0. The first-order valence-corrected chi connectivity index (χ1v) is 8.39. The first-order chi connectivity index (χ1) is 11.6. The lowest BCUT2D eigenvalue weighted by Crippen LogP contribution is -2.16. The second-order valence-electron chi connectivity index (χ2n) is 6.84. The summed E-state index contributed by atoms with van der Waals surface area (Å²) in [6.45, 7) is 4.61. The third-order valence-corrected chi connectivity index (χ3v) is 4.87. The molecule has 0 unspecified atom stereocenters. The van der Waals surface area contributed by atoms with Crippen molar-refractivity contribution in [1.29, 1.82) is 0 Å². The Morgan fingerprint density at radius 2 is 1.29 bits per heavy atom. The summed E-state index contributed by atoms with van der Waals surface area (Å²) in [4.78, 5) is 0. The number of hydrogen-bond acceptors (Lipinski definition) is 1. The summed E-state index contributed by atoms with van der Waals surface area (Å²) in [7, 11) is 0. The number of nitrogens with one attached hydrogen (secondary N) is 1. The highest BCUT2D eigenvalue weighted by Crippen LogP contribution is 2.46. The van der Waals surface area contributed by atoms with Gasteiger partial charge in [-0.25, -0.2) is 0 Å². The van der Waals surface area contributed by atoms with Gasteiger partial charge in [0.2, 0.25) is 0 Å². The van der Waals surface area contributed by atoms with Crippen LogP contribution in [0.1, 0.15) is 30.5 Å². The summed E-state index contributed by atoms with van der Waals surface area (Å²) >= 11 is 0. The van der Waals surface area contributed by atoms with Gasteiger partial charge in [0.15, 0.2) is 0 Å². The highest BCUT2D eigenvalue weighted by atomic mass is 14.9. The lowest BCUT2D eigenvalue weighted by atomic mass is 9.78. The topological polar surface area (TPSA) is 12.0 Å². The van der Waals surface area contributed by atoms with Gasteiger partial charge in [-0.15, -0.1) is 0 Å². The number of hydrogen-bond donors (Lipinski definition) is 1. The van der Waals surface area contributed by atoms with Crippen molar-refractivity contribution >= 4 is 23.0 Å². The lowest BCUT2D eigenvalue weighted by Gasteiger charge is -2.25. The van der Waals surface area contributed by atoms with E-state index in [0.29, 0.717) is 0 Å². The molecule has 1 aliphatic rings. The molecular formula is C23H21N. The quantitative estimate of drug-likeness (QED) is 0.601. The summed E-state index contributed by atoms with van der Waals surface area (Å²) in [5.41, 5.74) is 7.68. The lowest BCUT2D eigenvalue weighted by molar-refractivity contribution is 0.704. The zero-order chi connectivity index (χ0) is 16.6. The molecule has 1 aliphatic carbocycles. The van der Waals surface area contributed by atoms with E-state index in [-0.39, 0.29) is 5.41 Å². The van der Waals surface area contributed by atoms with E-state index in [4.69, 9.17) is 0 Å². The van der Waals surface area contributed by atoms with Crippen molar-refractivity contribution in [2.45, 2.75) is 19.3 Å². The highest BCUT2D eigenvalue weighted by Gasteiger charge is 2.33. The third kappa shape index (κ3) is 2.52. The maximum absolute atomic E-state index is 3.44. The molecule has 0 bridgehead atoms. The Morgan fingerprint density at radius 3 is 2.00 bits per heavy atom. The Kier molecular flexibility index (Phi) is 3.50. The molecule has 0 amide bonds. The first-order valence-electron chi connectivity index (χ1n) is 8.39. The predicted molar refractivity (Wildman–Crippen MR) is 104 cm³/mol. The fourth-order valence-corrected chi connectivity index (χ4v) is 3.54. The van der Waals surface area contributed by atoms with Crippen LogP contribution in [-0.4, -0.2) is 0 Å². The van der Waals surface area contributed by atoms with Gasteiger partial charge in [-0.05, 0) is 52.6 Å². The molecule has 0 spiro atoms. The van der Waals surface area contributed by atoms with Gasteiger partial charge in [-0.1, -0.05) is 68.4 Å². The minimum absolute atomic E-state index is 0.0466. The molecule has 3 aromatic carbocycles. The first kappa shape index (κ1) is 14.8. The van der Waals surface area contributed by atoms with Crippen LogP contribution in [0.3, 0.4) is 0 Å². The molecule has 0 aromatic heterocycles. The zero-order valence-electron chi connectivity index (χ0n) is 14.1. The number of allylic oxidation sites excluding steroid dienone is 1. The van der Waals surface area contributed by atoms with Crippen LogP contribution in [0.15, 0.2) is 78.9 Å². The molecule has 3 aromatic rings. The van der Waals surface area contributed by atoms with Crippen LogP contribution < -0.4 is 5.32 Å². The summed E-state index contributed by atoms with van der Waals surface area (Å²) in [6.07, 6.45) is 2.33.